The summed E-state index contributed by atoms with van der Waals surface area (Å²) in [7, 11) is 0. The normalized spacial score (nSPS) is 15.4. The minimum absolute atomic E-state index is 0.111. The Balaban J connectivity index is 1.36. The van der Waals surface area contributed by atoms with Crippen molar-refractivity contribution in [3.63, 3.8) is 0 Å². The number of aromatic nitrogens is 4. The summed E-state index contributed by atoms with van der Waals surface area (Å²) in [5, 5.41) is 4.36. The van der Waals surface area contributed by atoms with Gasteiger partial charge in [-0.3, -0.25) is 9.69 Å². The Morgan fingerprint density at radius 3 is 2.52 bits per heavy atom. The maximum absolute atomic E-state index is 12.8. The summed E-state index contributed by atoms with van der Waals surface area (Å²) in [6, 6.07) is 12.4. The molecule has 7 heteroatoms. The van der Waals surface area contributed by atoms with Gasteiger partial charge in [0.25, 0.3) is 11.7 Å². The summed E-state index contributed by atoms with van der Waals surface area (Å²) in [6.07, 6.45) is 1.03. The Kier molecular flexibility index (Phi) is 4.85. The molecule has 3 aromatic rings. The molecule has 1 aromatic carbocycles. The highest BCUT2D eigenvalue weighted by molar-refractivity contribution is 5.91. The van der Waals surface area contributed by atoms with Crippen LogP contribution in [0.25, 0.3) is 5.78 Å². The topological polar surface area (TPSA) is 66.6 Å². The zero-order chi connectivity index (χ0) is 18.8. The summed E-state index contributed by atoms with van der Waals surface area (Å²) in [5.74, 6) is 0.603. The van der Waals surface area contributed by atoms with Gasteiger partial charge >= 0.3 is 0 Å². The summed E-state index contributed by atoms with van der Waals surface area (Å²) >= 11 is 0. The van der Waals surface area contributed by atoms with Crippen molar-refractivity contribution in [1.29, 1.82) is 0 Å². The van der Waals surface area contributed by atoms with Crippen LogP contribution in [0.1, 0.15) is 27.6 Å². The first-order chi connectivity index (χ1) is 13.1. The van der Waals surface area contributed by atoms with Crippen LogP contribution in [0.5, 0.6) is 0 Å². The molecule has 1 fully saturated rings. The molecule has 7 nitrogen and oxygen atoms in total. The molecule has 1 aliphatic rings. The van der Waals surface area contributed by atoms with E-state index < -0.39 is 0 Å². The quantitative estimate of drug-likeness (QED) is 0.705. The van der Waals surface area contributed by atoms with E-state index in [-0.39, 0.29) is 11.7 Å². The average molecular weight is 364 g/mol. The third-order valence-electron chi connectivity index (χ3n) is 5.03. The predicted molar refractivity (Wildman–Crippen MR) is 103 cm³/mol. The van der Waals surface area contributed by atoms with Gasteiger partial charge in [0, 0.05) is 44.1 Å². The summed E-state index contributed by atoms with van der Waals surface area (Å²) in [4.78, 5) is 25.7. The Morgan fingerprint density at radius 1 is 1.04 bits per heavy atom. The molecule has 0 spiro atoms. The number of nitrogens with zero attached hydrogens (tertiary/aromatic N) is 6. The third kappa shape index (κ3) is 3.83. The molecule has 0 atom stereocenters. The van der Waals surface area contributed by atoms with Gasteiger partial charge in [-0.25, -0.2) is 9.50 Å². The standard InChI is InChI=1S/C20H24N6O/c1-15-14-16(2)26-20(21-15)22-18(23-26)19(27)25-12-10-24(11-13-25)9-8-17-6-4-3-5-7-17/h3-7,14H,8-13H2,1-2H3. The SMILES string of the molecule is Cc1cc(C)n2nc(C(=O)N3CCN(CCc4ccccc4)CC3)nc2n1. The van der Waals surface area contributed by atoms with Crippen LogP contribution < -0.4 is 0 Å². The Hall–Kier alpha value is -2.80. The van der Waals surface area contributed by atoms with E-state index in [9.17, 15) is 4.79 Å². The zero-order valence-corrected chi connectivity index (χ0v) is 15.8. The number of hydrogen-bond acceptors (Lipinski definition) is 5. The van der Waals surface area contributed by atoms with Crippen molar-refractivity contribution in [1.82, 2.24) is 29.4 Å². The Morgan fingerprint density at radius 2 is 1.78 bits per heavy atom. The molecule has 140 valence electrons. The summed E-state index contributed by atoms with van der Waals surface area (Å²) in [5.41, 5.74) is 3.15. The highest BCUT2D eigenvalue weighted by atomic mass is 16.2. The fraction of sp³-hybridized carbons (Fsp3) is 0.400. The molecule has 0 bridgehead atoms. The fourth-order valence-corrected chi connectivity index (χ4v) is 3.50. The molecular weight excluding hydrogens is 340 g/mol. The smallest absolute Gasteiger partial charge is 0.293 e. The van der Waals surface area contributed by atoms with E-state index in [1.807, 2.05) is 30.9 Å². The fourth-order valence-electron chi connectivity index (χ4n) is 3.50. The van der Waals surface area contributed by atoms with Crippen LogP contribution >= 0.6 is 0 Å². The van der Waals surface area contributed by atoms with Gasteiger partial charge in [0.2, 0.25) is 5.82 Å². The van der Waals surface area contributed by atoms with E-state index in [1.165, 1.54) is 5.56 Å². The molecule has 0 aliphatic carbocycles. The minimum Gasteiger partial charge on any atom is -0.333 e. The van der Waals surface area contributed by atoms with Crippen LogP contribution in [0.4, 0.5) is 0 Å². The second-order valence-corrected chi connectivity index (χ2v) is 7.06. The lowest BCUT2D eigenvalue weighted by molar-refractivity contribution is 0.0627. The number of rotatable bonds is 4. The molecule has 0 radical (unpaired) electrons. The van der Waals surface area contributed by atoms with Crippen LogP contribution in [0.3, 0.4) is 0 Å². The largest absolute Gasteiger partial charge is 0.333 e. The maximum atomic E-state index is 12.8. The minimum atomic E-state index is -0.111. The van der Waals surface area contributed by atoms with Crippen molar-refractivity contribution in [2.45, 2.75) is 20.3 Å². The number of carbonyl (C=O) groups is 1. The van der Waals surface area contributed by atoms with Gasteiger partial charge in [-0.1, -0.05) is 30.3 Å². The van der Waals surface area contributed by atoms with E-state index in [0.717, 1.165) is 37.4 Å². The van der Waals surface area contributed by atoms with Crippen molar-refractivity contribution < 1.29 is 4.79 Å². The number of piperazine rings is 1. The summed E-state index contributed by atoms with van der Waals surface area (Å²) < 4.78 is 1.64. The first kappa shape index (κ1) is 17.6. The summed E-state index contributed by atoms with van der Waals surface area (Å²) in [6.45, 7) is 8.03. The van der Waals surface area contributed by atoms with Crippen molar-refractivity contribution >= 4 is 11.7 Å². The third-order valence-corrected chi connectivity index (χ3v) is 5.03. The van der Waals surface area contributed by atoms with Crippen molar-refractivity contribution in [2.75, 3.05) is 32.7 Å². The molecule has 4 rings (SSSR count). The number of aryl methyl sites for hydroxylation is 2. The van der Waals surface area contributed by atoms with E-state index >= 15 is 0 Å². The lowest BCUT2D eigenvalue weighted by Crippen LogP contribution is -2.49. The van der Waals surface area contributed by atoms with Crippen molar-refractivity contribution in [3.8, 4) is 0 Å². The molecule has 3 heterocycles. The highest BCUT2D eigenvalue weighted by Crippen LogP contribution is 2.10. The van der Waals surface area contributed by atoms with Gasteiger partial charge in [0.15, 0.2) is 0 Å². The number of carbonyl (C=O) groups excluding carboxylic acids is 1. The number of benzene rings is 1. The van der Waals surface area contributed by atoms with Crippen molar-refractivity contribution in [3.05, 3.63) is 59.2 Å². The molecule has 0 unspecified atom stereocenters. The molecule has 1 saturated heterocycles. The van der Waals surface area contributed by atoms with Crippen LogP contribution in [0, 0.1) is 13.8 Å². The van der Waals surface area contributed by atoms with Gasteiger partial charge in [0.1, 0.15) is 0 Å². The first-order valence-electron chi connectivity index (χ1n) is 9.37. The van der Waals surface area contributed by atoms with E-state index in [0.29, 0.717) is 18.9 Å². The number of hydrogen-bond donors (Lipinski definition) is 0. The molecule has 27 heavy (non-hydrogen) atoms. The van der Waals surface area contributed by atoms with Crippen LogP contribution in [-0.4, -0.2) is 68.0 Å². The molecular formula is C20H24N6O. The van der Waals surface area contributed by atoms with Gasteiger partial charge in [0.05, 0.1) is 0 Å². The Labute approximate surface area is 158 Å². The van der Waals surface area contributed by atoms with Crippen LogP contribution in [-0.2, 0) is 6.42 Å². The van der Waals surface area contributed by atoms with Gasteiger partial charge in [-0.15, -0.1) is 5.10 Å². The van der Waals surface area contributed by atoms with Crippen LogP contribution in [0.15, 0.2) is 36.4 Å². The molecule has 0 N–H and O–H groups in total. The number of fused-ring (bicyclic) bond motifs is 1. The lowest BCUT2D eigenvalue weighted by atomic mass is 10.1. The second-order valence-electron chi connectivity index (χ2n) is 7.06. The van der Waals surface area contributed by atoms with E-state index in [4.69, 9.17) is 0 Å². The first-order valence-corrected chi connectivity index (χ1v) is 9.37. The molecule has 0 saturated carbocycles. The van der Waals surface area contributed by atoms with Gasteiger partial charge < -0.3 is 4.90 Å². The highest BCUT2D eigenvalue weighted by Gasteiger charge is 2.25. The molecule has 2 aromatic heterocycles. The van der Waals surface area contributed by atoms with Gasteiger partial charge in [-0.2, -0.15) is 4.98 Å². The Bertz CT molecular complexity index is 944. The molecule has 1 aliphatic heterocycles. The zero-order valence-electron chi connectivity index (χ0n) is 15.8. The maximum Gasteiger partial charge on any atom is 0.293 e. The van der Waals surface area contributed by atoms with Gasteiger partial charge in [-0.05, 0) is 31.9 Å². The monoisotopic (exact) mass is 364 g/mol. The van der Waals surface area contributed by atoms with Crippen LogP contribution in [0.2, 0.25) is 0 Å². The average Bonchev–Trinajstić information content (AvgIpc) is 3.11. The van der Waals surface area contributed by atoms with Crippen molar-refractivity contribution in [2.24, 2.45) is 0 Å². The van der Waals surface area contributed by atoms with E-state index in [2.05, 4.69) is 44.2 Å². The molecule has 1 amide bonds. The second kappa shape index (κ2) is 7.44. The lowest BCUT2D eigenvalue weighted by Gasteiger charge is -2.34. The number of amides is 1. The van der Waals surface area contributed by atoms with E-state index in [1.54, 1.807) is 4.52 Å². The predicted octanol–water partition coefficient (Wildman–Crippen LogP) is 1.74.